The summed E-state index contributed by atoms with van der Waals surface area (Å²) in [4.78, 5) is 13.4. The zero-order valence-electron chi connectivity index (χ0n) is 43.5. The van der Waals surface area contributed by atoms with Crippen LogP contribution in [0.3, 0.4) is 0 Å². The van der Waals surface area contributed by atoms with Gasteiger partial charge >= 0.3 is 0 Å². The van der Waals surface area contributed by atoms with E-state index >= 15 is 0 Å². The fourth-order valence-corrected chi connectivity index (χ4v) is 12.1. The number of hydrogen-bond acceptors (Lipinski definition) is 14. The minimum atomic E-state index is -3.81. The molecule has 0 spiro atoms. The monoisotopic (exact) mass is 1190 g/mol. The van der Waals surface area contributed by atoms with E-state index < -0.39 is 20.0 Å². The number of nitrogens with one attached hydrogen (secondary N) is 6. The number of fused-ring (bicyclic) bond motifs is 2. The lowest BCUT2D eigenvalue weighted by atomic mass is 9.85. The summed E-state index contributed by atoms with van der Waals surface area (Å²) in [6.45, 7) is 6.41. The van der Waals surface area contributed by atoms with Gasteiger partial charge in [0.2, 0.25) is 32.0 Å². The number of sulfonamides is 2. The van der Waals surface area contributed by atoms with Crippen molar-refractivity contribution in [2.24, 2.45) is 9.98 Å². The molecular formula is C52H66Cl4N12O8S2. The molecular weight excluding hydrogens is 1130 g/mol. The molecule has 2 aliphatic heterocycles. The number of nitriles is 2. The average molecular weight is 1190 g/mol. The van der Waals surface area contributed by atoms with Crippen LogP contribution >= 0.6 is 46.4 Å². The Balaban J connectivity index is 0.773. The second kappa shape index (κ2) is 31.8. The van der Waals surface area contributed by atoms with Crippen LogP contribution in [0.1, 0.15) is 58.1 Å². The summed E-state index contributed by atoms with van der Waals surface area (Å²) in [5.41, 5.74) is 5.66. The highest BCUT2D eigenvalue weighted by atomic mass is 35.5. The lowest BCUT2D eigenvalue weighted by Gasteiger charge is -2.33. The first-order valence-electron chi connectivity index (χ1n) is 25.3. The van der Waals surface area contributed by atoms with E-state index in [0.29, 0.717) is 110 Å². The summed E-state index contributed by atoms with van der Waals surface area (Å²) in [6.07, 6.45) is 5.06. The minimum Gasteiger partial charge on any atom is -0.378 e. The van der Waals surface area contributed by atoms with Crippen LogP contribution in [0.4, 0.5) is 0 Å². The maximum Gasteiger partial charge on any atom is 0.240 e. The molecule has 6 rings (SSSR count). The van der Waals surface area contributed by atoms with Crippen molar-refractivity contribution in [2.75, 3.05) is 119 Å². The molecule has 20 nitrogen and oxygen atoms in total. The van der Waals surface area contributed by atoms with E-state index in [9.17, 15) is 27.4 Å². The van der Waals surface area contributed by atoms with Crippen molar-refractivity contribution in [1.82, 2.24) is 40.5 Å². The fourth-order valence-electron chi connectivity index (χ4n) is 8.84. The molecule has 78 heavy (non-hydrogen) atoms. The Morgan fingerprint density at radius 2 is 0.962 bits per heavy atom. The van der Waals surface area contributed by atoms with E-state index in [1.165, 1.54) is 0 Å². The van der Waals surface area contributed by atoms with Crippen molar-refractivity contribution in [2.45, 2.75) is 47.6 Å². The molecule has 422 valence electrons. The van der Waals surface area contributed by atoms with Crippen LogP contribution in [0.15, 0.2) is 92.6 Å². The van der Waals surface area contributed by atoms with Crippen LogP contribution in [-0.2, 0) is 52.1 Å². The highest BCUT2D eigenvalue weighted by Gasteiger charge is 2.30. The number of ether oxygens (including phenoxy) is 4. The van der Waals surface area contributed by atoms with Gasteiger partial charge in [-0.05, 0) is 109 Å². The first-order valence-corrected chi connectivity index (χ1v) is 29.8. The van der Waals surface area contributed by atoms with Gasteiger partial charge in [0.1, 0.15) is 0 Å². The highest BCUT2D eigenvalue weighted by Crippen LogP contribution is 2.40. The number of hydrogen-bond donors (Lipinski definition) is 6. The van der Waals surface area contributed by atoms with Gasteiger partial charge < -0.3 is 39.4 Å². The van der Waals surface area contributed by atoms with Crippen LogP contribution in [0.5, 0.6) is 0 Å². The second-order valence-electron chi connectivity index (χ2n) is 18.3. The normalized spacial score (nSPS) is 16.2. The van der Waals surface area contributed by atoms with Crippen molar-refractivity contribution >= 4 is 78.4 Å². The number of likely N-dealkylation sites (N-methyl/N-ethyl adjacent to an activating group) is 2. The molecule has 0 aliphatic carbocycles. The van der Waals surface area contributed by atoms with Crippen LogP contribution in [0, 0.1) is 22.9 Å². The van der Waals surface area contributed by atoms with Gasteiger partial charge in [-0.3, -0.25) is 20.6 Å². The van der Waals surface area contributed by atoms with E-state index in [0.717, 1.165) is 33.4 Å². The zero-order chi connectivity index (χ0) is 55.9. The Bertz CT molecular complexity index is 2800. The van der Waals surface area contributed by atoms with Crippen molar-refractivity contribution < 1.29 is 35.8 Å². The van der Waals surface area contributed by atoms with E-state index in [2.05, 4.69) is 50.5 Å². The van der Waals surface area contributed by atoms with E-state index in [-0.39, 0.29) is 74.4 Å². The SMILES string of the molecule is CN1Cc2c(Cl)cc(Cl)cc2[C@H](c2cccc(S(=O)(=O)NCCOCCOCCNC(=NCCCCN=C(NC#N)NCCOCCOCCNS(=O)(=O)c3cccc([C@@H]4CN(C)Cc5c(Cl)cc(Cl)cc54)c3)NC#N)c2)C1. The molecule has 0 radical (unpaired) electrons. The Morgan fingerprint density at radius 3 is 1.35 bits per heavy atom. The molecule has 0 bridgehead atoms. The average Bonchev–Trinajstić information content (AvgIpc) is 3.45. The first-order chi connectivity index (χ1) is 37.6. The van der Waals surface area contributed by atoms with Gasteiger partial charge in [0.15, 0.2) is 12.4 Å². The maximum atomic E-state index is 13.2. The Kier molecular flexibility index (Phi) is 25.4. The molecule has 0 amide bonds. The number of nitrogens with zero attached hydrogens (tertiary/aromatic N) is 6. The number of guanidine groups is 2. The second-order valence-corrected chi connectivity index (χ2v) is 23.5. The van der Waals surface area contributed by atoms with E-state index in [4.69, 9.17) is 65.4 Å². The van der Waals surface area contributed by atoms with Crippen LogP contribution in [0.2, 0.25) is 20.1 Å². The molecule has 2 heterocycles. The van der Waals surface area contributed by atoms with Gasteiger partial charge in [0.25, 0.3) is 0 Å². The van der Waals surface area contributed by atoms with Gasteiger partial charge in [-0.1, -0.05) is 70.7 Å². The number of benzene rings is 4. The third kappa shape index (κ3) is 19.5. The van der Waals surface area contributed by atoms with Crippen LogP contribution < -0.4 is 30.7 Å². The van der Waals surface area contributed by atoms with Gasteiger partial charge in [-0.25, -0.2) is 26.3 Å². The van der Waals surface area contributed by atoms with Crippen molar-refractivity contribution in [3.8, 4) is 12.4 Å². The maximum absolute atomic E-state index is 13.2. The van der Waals surface area contributed by atoms with Gasteiger partial charge in [-0.2, -0.15) is 10.5 Å². The molecule has 0 fully saturated rings. The quantitative estimate of drug-likeness (QED) is 0.0127. The smallest absolute Gasteiger partial charge is 0.240 e. The van der Waals surface area contributed by atoms with Gasteiger partial charge in [0, 0.05) is 97.4 Å². The fraction of sp³-hybridized carbons (Fsp3) is 0.462. The molecule has 0 saturated heterocycles. The lowest BCUT2D eigenvalue weighted by Crippen LogP contribution is -2.37. The Hall–Kier alpha value is -4.86. The Labute approximate surface area is 477 Å². The topological polar surface area (TPSA) is 256 Å². The summed E-state index contributed by atoms with van der Waals surface area (Å²) in [7, 11) is -3.61. The number of aliphatic imine (C=N–C) groups is 2. The van der Waals surface area contributed by atoms with E-state index in [1.54, 1.807) is 48.5 Å². The summed E-state index contributed by atoms with van der Waals surface area (Å²) in [5.74, 6) is 0.407. The highest BCUT2D eigenvalue weighted by molar-refractivity contribution is 7.89. The van der Waals surface area contributed by atoms with Crippen molar-refractivity contribution in [1.29, 1.82) is 10.5 Å². The summed E-state index contributed by atoms with van der Waals surface area (Å²) >= 11 is 25.7. The molecule has 0 saturated carbocycles. The molecule has 0 unspecified atom stereocenters. The molecule has 2 atom stereocenters. The summed E-state index contributed by atoms with van der Waals surface area (Å²) in [6, 6.07) is 21.1. The van der Waals surface area contributed by atoms with Crippen molar-refractivity contribution in [3.05, 3.63) is 126 Å². The largest absolute Gasteiger partial charge is 0.378 e. The number of halogens is 4. The van der Waals surface area contributed by atoms with Crippen molar-refractivity contribution in [3.63, 3.8) is 0 Å². The molecule has 4 aromatic rings. The summed E-state index contributed by atoms with van der Waals surface area (Å²) < 4.78 is 80.4. The molecule has 0 aromatic heterocycles. The third-order valence-electron chi connectivity index (χ3n) is 12.5. The predicted octanol–water partition coefficient (Wildman–Crippen LogP) is 5.59. The minimum absolute atomic E-state index is 0.0760. The van der Waals surface area contributed by atoms with Gasteiger partial charge in [0.05, 0.1) is 62.6 Å². The third-order valence-corrected chi connectivity index (χ3v) is 16.5. The Morgan fingerprint density at radius 1 is 0.577 bits per heavy atom. The number of unbranched alkanes of at least 4 members (excludes halogenated alkanes) is 1. The number of rotatable bonds is 29. The molecule has 6 N–H and O–H groups in total. The van der Waals surface area contributed by atoms with Crippen LogP contribution in [-0.4, -0.2) is 158 Å². The first kappa shape index (κ1) is 62.3. The molecule has 26 heteroatoms. The van der Waals surface area contributed by atoms with Gasteiger partial charge in [-0.15, -0.1) is 0 Å². The zero-order valence-corrected chi connectivity index (χ0v) is 48.2. The standard InChI is InChI=1S/C52H66Cl4N12O8S2/c1-67-31-45(43-27-39(53)29-49(55)47(43)33-67)37-7-5-9-41(25-37)77(69,70)65-15-19-75-23-21-73-17-13-61-51(63-35-57)59-11-3-4-12-60-52(64-36-58)62-14-18-74-22-24-76-20-16-66-78(71,72)42-10-6-8-38(26-42)46-32-68(2)34-48-44(46)28-40(54)30-50(48)56/h5-10,25-30,45-46,65-66H,3-4,11-24,31-34H2,1-2H3,(H2,59,61,63)(H2,60,62,64)/t45-,46-/m0/s1. The van der Waals surface area contributed by atoms with Crippen LogP contribution in [0.25, 0.3) is 0 Å². The molecule has 4 aromatic carbocycles. The lowest BCUT2D eigenvalue weighted by molar-refractivity contribution is 0.0520. The molecule has 2 aliphatic rings. The predicted molar refractivity (Wildman–Crippen MR) is 303 cm³/mol. The summed E-state index contributed by atoms with van der Waals surface area (Å²) in [5, 5.41) is 31.7. The van der Waals surface area contributed by atoms with E-state index in [1.807, 2.05) is 50.7 Å².